The molecule has 0 bridgehead atoms. The third kappa shape index (κ3) is 3.64. The van der Waals surface area contributed by atoms with Gasteiger partial charge in [-0.2, -0.15) is 0 Å². The monoisotopic (exact) mass is 232 g/mol. The topological polar surface area (TPSA) is 42.0 Å². The van der Waals surface area contributed by atoms with E-state index in [1.165, 1.54) is 11.3 Å². The summed E-state index contributed by atoms with van der Waals surface area (Å²) in [6.45, 7) is 3.87. The molecule has 0 spiro atoms. The zero-order valence-corrected chi connectivity index (χ0v) is 9.78. The predicted octanol–water partition coefficient (Wildman–Crippen LogP) is 1.95. The Morgan fingerprint density at radius 3 is 2.93 bits per heavy atom. The smallest absolute Gasteiger partial charge is 0.227 e. The second kappa shape index (κ2) is 5.32. The van der Waals surface area contributed by atoms with Gasteiger partial charge in [-0.25, -0.2) is 4.98 Å². The van der Waals surface area contributed by atoms with Crippen molar-refractivity contribution in [3.05, 3.63) is 16.1 Å². The molecule has 0 aliphatic heterocycles. The third-order valence-electron chi connectivity index (χ3n) is 1.50. The normalized spacial score (nSPS) is 10.6. The van der Waals surface area contributed by atoms with Gasteiger partial charge in [-0.15, -0.1) is 22.9 Å². The largest absolute Gasteiger partial charge is 0.354 e. The standard InChI is InChI=1S/C9H13ClN2OS/c1-6(2)11-8(13)3-9-12-7(4-10)5-14-9/h5-6H,3-4H2,1-2H3,(H,11,13). The fraction of sp³-hybridized carbons (Fsp3) is 0.556. The molecule has 1 aromatic rings. The zero-order chi connectivity index (χ0) is 10.6. The molecule has 3 nitrogen and oxygen atoms in total. The summed E-state index contributed by atoms with van der Waals surface area (Å²) in [5.41, 5.74) is 0.837. The Labute approximate surface area is 92.5 Å². The fourth-order valence-corrected chi connectivity index (χ4v) is 2.02. The van der Waals surface area contributed by atoms with Gasteiger partial charge in [-0.3, -0.25) is 4.79 Å². The summed E-state index contributed by atoms with van der Waals surface area (Å²) >= 11 is 7.08. The van der Waals surface area contributed by atoms with E-state index >= 15 is 0 Å². The van der Waals surface area contributed by atoms with Gasteiger partial charge in [0.2, 0.25) is 5.91 Å². The van der Waals surface area contributed by atoms with Gasteiger partial charge < -0.3 is 5.32 Å². The van der Waals surface area contributed by atoms with Crippen LogP contribution in [0.2, 0.25) is 0 Å². The van der Waals surface area contributed by atoms with Crippen LogP contribution in [0.4, 0.5) is 0 Å². The Hall–Kier alpha value is -0.610. The van der Waals surface area contributed by atoms with Gasteiger partial charge >= 0.3 is 0 Å². The maximum absolute atomic E-state index is 11.3. The van der Waals surface area contributed by atoms with Gasteiger partial charge in [0, 0.05) is 11.4 Å². The number of thiazole rings is 1. The summed E-state index contributed by atoms with van der Waals surface area (Å²) in [5.74, 6) is 0.415. The molecule has 1 heterocycles. The van der Waals surface area contributed by atoms with Crippen LogP contribution in [0.5, 0.6) is 0 Å². The highest BCUT2D eigenvalue weighted by atomic mass is 35.5. The van der Waals surface area contributed by atoms with E-state index in [0.29, 0.717) is 12.3 Å². The van der Waals surface area contributed by atoms with Crippen LogP contribution >= 0.6 is 22.9 Å². The Bertz CT molecular complexity index is 312. The fourth-order valence-electron chi connectivity index (χ4n) is 1.00. The molecule has 0 atom stereocenters. The predicted molar refractivity (Wildman–Crippen MR) is 58.7 cm³/mol. The van der Waals surface area contributed by atoms with Gasteiger partial charge in [-0.05, 0) is 13.8 Å². The molecule has 0 saturated carbocycles. The van der Waals surface area contributed by atoms with Crippen LogP contribution in [0.3, 0.4) is 0 Å². The number of carbonyl (C=O) groups excluding carboxylic acids is 1. The van der Waals surface area contributed by atoms with Gasteiger partial charge in [0.15, 0.2) is 0 Å². The van der Waals surface area contributed by atoms with Crippen LogP contribution in [0.25, 0.3) is 0 Å². The first-order valence-electron chi connectivity index (χ1n) is 4.40. The molecule has 1 aromatic heterocycles. The number of rotatable bonds is 4. The average Bonchev–Trinajstić information content (AvgIpc) is 2.50. The lowest BCUT2D eigenvalue weighted by atomic mass is 10.3. The first kappa shape index (κ1) is 11.5. The first-order valence-corrected chi connectivity index (χ1v) is 5.82. The highest BCUT2D eigenvalue weighted by molar-refractivity contribution is 7.09. The van der Waals surface area contributed by atoms with E-state index in [0.717, 1.165) is 10.7 Å². The molecule has 0 aromatic carbocycles. The van der Waals surface area contributed by atoms with Gasteiger partial charge in [0.1, 0.15) is 5.01 Å². The number of hydrogen-bond donors (Lipinski definition) is 1. The van der Waals surface area contributed by atoms with Crippen LogP contribution in [-0.2, 0) is 17.1 Å². The molecule has 1 rings (SSSR count). The molecule has 0 aliphatic carbocycles. The van der Waals surface area contributed by atoms with Crippen molar-refractivity contribution in [3.63, 3.8) is 0 Å². The summed E-state index contributed by atoms with van der Waals surface area (Å²) in [6, 6.07) is 0.176. The van der Waals surface area contributed by atoms with Crippen molar-refractivity contribution in [1.29, 1.82) is 0 Å². The van der Waals surface area contributed by atoms with Crippen LogP contribution < -0.4 is 5.32 Å². The molecule has 1 N–H and O–H groups in total. The van der Waals surface area contributed by atoms with Crippen LogP contribution in [0.15, 0.2) is 5.38 Å². The minimum absolute atomic E-state index is 0.00970. The number of amides is 1. The molecule has 1 amide bonds. The Morgan fingerprint density at radius 1 is 1.71 bits per heavy atom. The number of alkyl halides is 1. The minimum atomic E-state index is 0.00970. The number of halogens is 1. The molecular formula is C9H13ClN2OS. The van der Waals surface area contributed by atoms with Crippen molar-refractivity contribution < 1.29 is 4.79 Å². The Kier molecular flexibility index (Phi) is 4.35. The summed E-state index contributed by atoms with van der Waals surface area (Å²) in [4.78, 5) is 15.5. The quantitative estimate of drug-likeness (QED) is 0.807. The first-order chi connectivity index (χ1) is 6.61. The van der Waals surface area contributed by atoms with Gasteiger partial charge in [0.05, 0.1) is 18.0 Å². The van der Waals surface area contributed by atoms with Crippen molar-refractivity contribution >= 4 is 28.8 Å². The van der Waals surface area contributed by atoms with Crippen molar-refractivity contribution in [2.75, 3.05) is 0 Å². The van der Waals surface area contributed by atoms with E-state index in [1.54, 1.807) is 0 Å². The van der Waals surface area contributed by atoms with E-state index in [2.05, 4.69) is 10.3 Å². The van der Waals surface area contributed by atoms with E-state index in [9.17, 15) is 4.79 Å². The Balaban J connectivity index is 2.47. The number of nitrogens with one attached hydrogen (secondary N) is 1. The second-order valence-electron chi connectivity index (χ2n) is 3.27. The maximum atomic E-state index is 11.3. The van der Waals surface area contributed by atoms with Crippen molar-refractivity contribution in [2.45, 2.75) is 32.2 Å². The molecule has 0 saturated heterocycles. The van der Waals surface area contributed by atoms with Crippen molar-refractivity contribution in [1.82, 2.24) is 10.3 Å². The number of aromatic nitrogens is 1. The van der Waals surface area contributed by atoms with E-state index in [4.69, 9.17) is 11.6 Å². The molecule has 0 unspecified atom stereocenters. The molecule has 5 heteroatoms. The molecule has 78 valence electrons. The van der Waals surface area contributed by atoms with Crippen LogP contribution in [0, 0.1) is 0 Å². The Morgan fingerprint density at radius 2 is 2.43 bits per heavy atom. The minimum Gasteiger partial charge on any atom is -0.354 e. The highest BCUT2D eigenvalue weighted by Crippen LogP contribution is 2.11. The van der Waals surface area contributed by atoms with Crippen LogP contribution in [0.1, 0.15) is 24.5 Å². The van der Waals surface area contributed by atoms with Crippen LogP contribution in [-0.4, -0.2) is 16.9 Å². The molecule has 14 heavy (non-hydrogen) atoms. The highest BCUT2D eigenvalue weighted by Gasteiger charge is 2.08. The number of nitrogens with zero attached hydrogens (tertiary/aromatic N) is 1. The summed E-state index contributed by atoms with van der Waals surface area (Å²) in [6.07, 6.45) is 0.347. The zero-order valence-electron chi connectivity index (χ0n) is 8.21. The van der Waals surface area contributed by atoms with E-state index < -0.39 is 0 Å². The second-order valence-corrected chi connectivity index (χ2v) is 4.48. The SMILES string of the molecule is CC(C)NC(=O)Cc1nc(CCl)cs1. The summed E-state index contributed by atoms with van der Waals surface area (Å²) in [7, 11) is 0. The number of carbonyl (C=O) groups is 1. The van der Waals surface area contributed by atoms with Crippen molar-refractivity contribution in [3.8, 4) is 0 Å². The molecule has 0 radical (unpaired) electrons. The van der Waals surface area contributed by atoms with E-state index in [-0.39, 0.29) is 11.9 Å². The maximum Gasteiger partial charge on any atom is 0.227 e. The third-order valence-corrected chi connectivity index (χ3v) is 2.67. The lowest BCUT2D eigenvalue weighted by Crippen LogP contribution is -2.31. The van der Waals surface area contributed by atoms with E-state index in [1.807, 2.05) is 19.2 Å². The van der Waals surface area contributed by atoms with Gasteiger partial charge in [0.25, 0.3) is 0 Å². The van der Waals surface area contributed by atoms with Crippen molar-refractivity contribution in [2.24, 2.45) is 0 Å². The van der Waals surface area contributed by atoms with Gasteiger partial charge in [-0.1, -0.05) is 0 Å². The summed E-state index contributed by atoms with van der Waals surface area (Å²) in [5, 5.41) is 5.51. The summed E-state index contributed by atoms with van der Waals surface area (Å²) < 4.78 is 0. The average molecular weight is 233 g/mol. The number of hydrogen-bond acceptors (Lipinski definition) is 3. The molecule has 0 aliphatic rings. The lowest BCUT2D eigenvalue weighted by Gasteiger charge is -2.06. The lowest BCUT2D eigenvalue weighted by molar-refractivity contribution is -0.120. The molecular weight excluding hydrogens is 220 g/mol. The molecule has 0 fully saturated rings.